The summed E-state index contributed by atoms with van der Waals surface area (Å²) in [6.07, 6.45) is 0. The van der Waals surface area contributed by atoms with Crippen molar-refractivity contribution < 1.29 is 4.79 Å². The second kappa shape index (κ2) is 9.14. The Labute approximate surface area is 186 Å². The predicted molar refractivity (Wildman–Crippen MR) is 127 cm³/mol. The van der Waals surface area contributed by atoms with E-state index >= 15 is 0 Å². The number of aromatic amines is 1. The first-order valence-electron chi connectivity index (χ1n) is 10.7. The normalized spacial score (nSPS) is 14.5. The monoisotopic (exact) mass is 436 g/mol. The molecule has 0 spiro atoms. The molecule has 0 atom stereocenters. The number of nitrogens with zero attached hydrogens (tertiary/aromatic N) is 3. The highest BCUT2D eigenvalue weighted by Gasteiger charge is 2.25. The van der Waals surface area contributed by atoms with E-state index in [1.165, 1.54) is 5.56 Å². The zero-order chi connectivity index (χ0) is 22.0. The number of aromatic nitrogens is 2. The van der Waals surface area contributed by atoms with E-state index in [1.807, 2.05) is 49.9 Å². The number of hydrogen-bond donors (Lipinski definition) is 1. The summed E-state index contributed by atoms with van der Waals surface area (Å²) < 4.78 is 0. The van der Waals surface area contributed by atoms with E-state index < -0.39 is 0 Å². The van der Waals surface area contributed by atoms with Crippen LogP contribution in [0.2, 0.25) is 0 Å². The number of piperazine rings is 1. The van der Waals surface area contributed by atoms with Gasteiger partial charge in [-0.1, -0.05) is 44.2 Å². The number of benzene rings is 2. The van der Waals surface area contributed by atoms with Crippen molar-refractivity contribution in [2.75, 3.05) is 31.1 Å². The van der Waals surface area contributed by atoms with E-state index in [2.05, 4.69) is 33.1 Å². The predicted octanol–water partition coefficient (Wildman–Crippen LogP) is 3.83. The summed E-state index contributed by atoms with van der Waals surface area (Å²) in [5, 5.41) is 0.611. The minimum atomic E-state index is -0.112. The molecule has 1 saturated heterocycles. The fraction of sp³-hybridized carbons (Fsp3) is 0.375. The Morgan fingerprint density at radius 3 is 2.52 bits per heavy atom. The van der Waals surface area contributed by atoms with Gasteiger partial charge in [0.15, 0.2) is 0 Å². The molecule has 4 rings (SSSR count). The average molecular weight is 437 g/mol. The van der Waals surface area contributed by atoms with Crippen molar-refractivity contribution in [1.29, 1.82) is 0 Å². The summed E-state index contributed by atoms with van der Waals surface area (Å²) >= 11 is 1.72. The first-order chi connectivity index (χ1) is 14.9. The van der Waals surface area contributed by atoms with Crippen molar-refractivity contribution >= 4 is 34.3 Å². The van der Waals surface area contributed by atoms with E-state index in [4.69, 9.17) is 0 Å². The third kappa shape index (κ3) is 4.77. The molecule has 1 fully saturated rings. The first-order valence-corrected chi connectivity index (χ1v) is 11.7. The standard InChI is InChI=1S/C24H28N4O2S/c1-16(2)24(30)28-11-9-27(10-12-28)21-14-19(31-15-18-7-5-4-6-8-18)13-20-22(21)25-17(3)26-23(20)29/h4-8,13-14,16H,9-12,15H2,1-3H3,(H,25,26,29). The van der Waals surface area contributed by atoms with Crippen molar-refractivity contribution in [3.63, 3.8) is 0 Å². The highest BCUT2D eigenvalue weighted by Crippen LogP contribution is 2.32. The molecule has 6 nitrogen and oxygen atoms in total. The molecule has 1 N–H and O–H groups in total. The molecule has 1 aromatic heterocycles. The van der Waals surface area contributed by atoms with Crippen LogP contribution < -0.4 is 10.5 Å². The summed E-state index contributed by atoms with van der Waals surface area (Å²) in [7, 11) is 0. The van der Waals surface area contributed by atoms with Crippen molar-refractivity contribution in [3.8, 4) is 0 Å². The van der Waals surface area contributed by atoms with Crippen molar-refractivity contribution in [2.24, 2.45) is 5.92 Å². The third-order valence-corrected chi connectivity index (χ3v) is 6.60. The maximum absolute atomic E-state index is 12.7. The van der Waals surface area contributed by atoms with E-state index in [9.17, 15) is 9.59 Å². The van der Waals surface area contributed by atoms with Crippen molar-refractivity contribution in [3.05, 3.63) is 64.2 Å². The van der Waals surface area contributed by atoms with Gasteiger partial charge in [-0.25, -0.2) is 4.98 Å². The van der Waals surface area contributed by atoms with Crippen molar-refractivity contribution in [1.82, 2.24) is 14.9 Å². The molecule has 7 heteroatoms. The summed E-state index contributed by atoms with van der Waals surface area (Å²) in [4.78, 5) is 37.8. The van der Waals surface area contributed by atoms with Crippen LogP contribution in [-0.2, 0) is 10.5 Å². The molecule has 0 bridgehead atoms. The Hall–Kier alpha value is -2.80. The minimum absolute atomic E-state index is 0.00738. The minimum Gasteiger partial charge on any atom is -0.366 e. The van der Waals surface area contributed by atoms with Gasteiger partial charge in [0.1, 0.15) is 11.3 Å². The number of hydrogen-bond acceptors (Lipinski definition) is 5. The number of nitrogens with one attached hydrogen (secondary N) is 1. The van der Waals surface area contributed by atoms with Crippen LogP contribution in [0.4, 0.5) is 5.69 Å². The third-order valence-electron chi connectivity index (χ3n) is 5.56. The van der Waals surface area contributed by atoms with Gasteiger partial charge in [0.05, 0.1) is 11.1 Å². The van der Waals surface area contributed by atoms with Gasteiger partial charge in [0, 0.05) is 42.7 Å². The van der Waals surface area contributed by atoms with Gasteiger partial charge >= 0.3 is 0 Å². The van der Waals surface area contributed by atoms with Crippen LogP contribution in [0.15, 0.2) is 52.2 Å². The van der Waals surface area contributed by atoms with Gasteiger partial charge in [-0.3, -0.25) is 9.59 Å². The SMILES string of the molecule is Cc1nc2c(N3CCN(C(=O)C(C)C)CC3)cc(SCc3ccccc3)cc2c(=O)[nH]1. The Bertz CT molecular complexity index is 1140. The van der Waals surface area contributed by atoms with Gasteiger partial charge in [0.25, 0.3) is 5.56 Å². The highest BCUT2D eigenvalue weighted by molar-refractivity contribution is 7.98. The summed E-state index contributed by atoms with van der Waals surface area (Å²) in [5.41, 5.74) is 2.83. The van der Waals surface area contributed by atoms with E-state index in [0.29, 0.717) is 24.3 Å². The number of carbonyl (C=O) groups excluding carboxylic acids is 1. The van der Waals surface area contributed by atoms with Crippen LogP contribution in [0.3, 0.4) is 0 Å². The molecule has 1 aliphatic rings. The Morgan fingerprint density at radius 2 is 1.84 bits per heavy atom. The Kier molecular flexibility index (Phi) is 6.32. The lowest BCUT2D eigenvalue weighted by atomic mass is 10.1. The highest BCUT2D eigenvalue weighted by atomic mass is 32.2. The first kappa shape index (κ1) is 21.4. The second-order valence-corrected chi connectivity index (χ2v) is 9.28. The zero-order valence-corrected chi connectivity index (χ0v) is 19.0. The van der Waals surface area contributed by atoms with Crippen LogP contribution in [0.5, 0.6) is 0 Å². The van der Waals surface area contributed by atoms with Crippen LogP contribution in [0.25, 0.3) is 10.9 Å². The Morgan fingerprint density at radius 1 is 1.13 bits per heavy atom. The topological polar surface area (TPSA) is 69.3 Å². The lowest BCUT2D eigenvalue weighted by Crippen LogP contribution is -2.50. The number of thioether (sulfide) groups is 1. The Balaban J connectivity index is 1.65. The molecular weight excluding hydrogens is 408 g/mol. The second-order valence-electron chi connectivity index (χ2n) is 8.23. The van der Waals surface area contributed by atoms with Gasteiger partial charge in [-0.15, -0.1) is 11.8 Å². The quantitative estimate of drug-likeness (QED) is 0.616. The molecule has 0 unspecified atom stereocenters. The number of rotatable bonds is 5. The lowest BCUT2D eigenvalue weighted by Gasteiger charge is -2.37. The van der Waals surface area contributed by atoms with E-state index in [-0.39, 0.29) is 17.4 Å². The molecular formula is C24H28N4O2S. The molecule has 0 saturated carbocycles. The lowest BCUT2D eigenvalue weighted by molar-refractivity contribution is -0.134. The van der Waals surface area contributed by atoms with Crippen molar-refractivity contribution in [2.45, 2.75) is 31.4 Å². The molecule has 2 aromatic carbocycles. The fourth-order valence-electron chi connectivity index (χ4n) is 3.91. The number of aryl methyl sites for hydroxylation is 1. The number of amides is 1. The molecule has 1 amide bonds. The van der Waals surface area contributed by atoms with Crippen LogP contribution in [-0.4, -0.2) is 47.0 Å². The number of carbonyl (C=O) groups is 1. The van der Waals surface area contributed by atoms with Gasteiger partial charge in [0.2, 0.25) is 5.91 Å². The maximum Gasteiger partial charge on any atom is 0.258 e. The summed E-state index contributed by atoms with van der Waals surface area (Å²) in [6.45, 7) is 8.51. The largest absolute Gasteiger partial charge is 0.366 e. The summed E-state index contributed by atoms with van der Waals surface area (Å²) in [5.74, 6) is 1.65. The molecule has 3 aromatic rings. The number of fused-ring (bicyclic) bond motifs is 1. The molecule has 1 aliphatic heterocycles. The average Bonchev–Trinajstić information content (AvgIpc) is 2.77. The fourth-order valence-corrected chi connectivity index (χ4v) is 4.83. The molecule has 162 valence electrons. The van der Waals surface area contributed by atoms with Gasteiger partial charge < -0.3 is 14.8 Å². The summed E-state index contributed by atoms with van der Waals surface area (Å²) in [6, 6.07) is 14.4. The van der Waals surface area contributed by atoms with Gasteiger partial charge in [-0.2, -0.15) is 0 Å². The molecule has 2 heterocycles. The smallest absolute Gasteiger partial charge is 0.258 e. The van der Waals surface area contributed by atoms with Crippen LogP contribution in [0.1, 0.15) is 25.2 Å². The maximum atomic E-state index is 12.7. The van der Waals surface area contributed by atoms with Crippen LogP contribution >= 0.6 is 11.8 Å². The number of H-pyrrole nitrogens is 1. The van der Waals surface area contributed by atoms with Crippen LogP contribution in [0, 0.1) is 12.8 Å². The van der Waals surface area contributed by atoms with E-state index in [0.717, 1.165) is 34.9 Å². The molecule has 31 heavy (non-hydrogen) atoms. The number of anilines is 1. The van der Waals surface area contributed by atoms with E-state index in [1.54, 1.807) is 11.8 Å². The molecule has 0 radical (unpaired) electrons. The van der Waals surface area contributed by atoms with Gasteiger partial charge in [-0.05, 0) is 24.6 Å². The zero-order valence-electron chi connectivity index (χ0n) is 18.2. The molecule has 0 aliphatic carbocycles.